The molecular formula is C30H30FN7. The number of benzene rings is 1. The molecule has 8 heteroatoms. The molecule has 192 valence electrons. The van der Waals surface area contributed by atoms with Crippen LogP contribution in [0.2, 0.25) is 0 Å². The van der Waals surface area contributed by atoms with Gasteiger partial charge in [0.25, 0.3) is 0 Å². The van der Waals surface area contributed by atoms with E-state index < -0.39 is 0 Å². The second-order valence-electron chi connectivity index (χ2n) is 11.2. The van der Waals surface area contributed by atoms with Crippen molar-refractivity contribution in [3.63, 3.8) is 0 Å². The molecule has 2 aliphatic rings. The summed E-state index contributed by atoms with van der Waals surface area (Å²) in [5.41, 5.74) is 4.83. The number of anilines is 1. The molecule has 0 bridgehead atoms. The molecule has 38 heavy (non-hydrogen) atoms. The largest absolute Gasteiger partial charge is 0.366 e. The van der Waals surface area contributed by atoms with Gasteiger partial charge in [0.15, 0.2) is 5.82 Å². The lowest BCUT2D eigenvalue weighted by atomic mass is 9.80. The minimum absolute atomic E-state index is 0.0711. The van der Waals surface area contributed by atoms with E-state index in [4.69, 9.17) is 9.97 Å². The summed E-state index contributed by atoms with van der Waals surface area (Å²) in [6.07, 6.45) is 8.93. The molecule has 0 radical (unpaired) electrons. The highest BCUT2D eigenvalue weighted by Crippen LogP contribution is 2.45. The highest BCUT2D eigenvalue weighted by molar-refractivity contribution is 5.98. The van der Waals surface area contributed by atoms with E-state index >= 15 is 0 Å². The highest BCUT2D eigenvalue weighted by Gasteiger charge is 2.34. The van der Waals surface area contributed by atoms with Gasteiger partial charge in [-0.25, -0.2) is 19.3 Å². The molecule has 5 heterocycles. The number of aromatic nitrogens is 5. The lowest BCUT2D eigenvalue weighted by Gasteiger charge is -2.40. The van der Waals surface area contributed by atoms with Crippen molar-refractivity contribution >= 4 is 27.8 Å². The fourth-order valence-electron chi connectivity index (χ4n) is 5.69. The molecule has 1 atom stereocenters. The zero-order valence-electron chi connectivity index (χ0n) is 21.6. The number of fused-ring (bicyclic) bond motifs is 2. The summed E-state index contributed by atoms with van der Waals surface area (Å²) in [5.74, 6) is 1.71. The Hall–Kier alpha value is -3.91. The van der Waals surface area contributed by atoms with Gasteiger partial charge >= 0.3 is 0 Å². The van der Waals surface area contributed by atoms with Gasteiger partial charge in [-0.15, -0.1) is 0 Å². The van der Waals surface area contributed by atoms with Crippen molar-refractivity contribution < 1.29 is 4.39 Å². The number of piperidine rings is 1. The normalized spacial score (nSPS) is 19.2. The van der Waals surface area contributed by atoms with Gasteiger partial charge in [0.1, 0.15) is 17.3 Å². The van der Waals surface area contributed by atoms with Gasteiger partial charge in [0, 0.05) is 46.9 Å². The van der Waals surface area contributed by atoms with E-state index in [1.54, 1.807) is 18.3 Å². The van der Waals surface area contributed by atoms with Gasteiger partial charge in [0.05, 0.1) is 17.4 Å². The third-order valence-corrected chi connectivity index (χ3v) is 8.03. The molecule has 1 saturated carbocycles. The van der Waals surface area contributed by atoms with Crippen LogP contribution in [0.25, 0.3) is 44.6 Å². The quantitative estimate of drug-likeness (QED) is 0.268. The molecule has 0 unspecified atom stereocenters. The molecule has 0 amide bonds. The van der Waals surface area contributed by atoms with Gasteiger partial charge in [-0.3, -0.25) is 4.98 Å². The highest BCUT2D eigenvalue weighted by atomic mass is 19.1. The van der Waals surface area contributed by atoms with E-state index in [0.717, 1.165) is 47.2 Å². The zero-order chi connectivity index (χ0) is 25.9. The minimum atomic E-state index is -0.280. The van der Waals surface area contributed by atoms with Crippen molar-refractivity contribution in [3.05, 3.63) is 66.4 Å². The lowest BCUT2D eigenvalue weighted by molar-refractivity contribution is 0.236. The van der Waals surface area contributed by atoms with Crippen molar-refractivity contribution in [1.29, 1.82) is 0 Å². The Balaban J connectivity index is 1.40. The molecule has 7 rings (SSSR count). The van der Waals surface area contributed by atoms with Crippen LogP contribution in [-0.2, 0) is 0 Å². The molecule has 2 fully saturated rings. The van der Waals surface area contributed by atoms with Gasteiger partial charge in [-0.1, -0.05) is 26.0 Å². The Kier molecular flexibility index (Phi) is 5.40. The van der Waals surface area contributed by atoms with E-state index in [9.17, 15) is 4.39 Å². The number of nitrogens with one attached hydrogen (secondary N) is 3. The molecule has 1 saturated heterocycles. The fraction of sp³-hybridized carbons (Fsp3) is 0.333. The molecule has 7 nitrogen and oxygen atoms in total. The standard InChI is InChI=1S/C30H30FN7/c1-30(2)16-32-11-10-25(30)37-29-26-21(17-7-8-17)14-33-15-24(26)36-28(38-29)18-9-12-34-27-20(18)13-23(35-27)19-5-3-4-6-22(19)31/h3-6,9,12-15,17,25,32H,7-8,10-11,16H2,1-2H3,(H,34,35)(H,36,37,38)/t25-/m0/s1. The molecular weight excluding hydrogens is 477 g/mol. The van der Waals surface area contributed by atoms with Crippen LogP contribution in [0.1, 0.15) is 44.6 Å². The Morgan fingerprint density at radius 2 is 1.89 bits per heavy atom. The van der Waals surface area contributed by atoms with Gasteiger partial charge in [-0.2, -0.15) is 0 Å². The summed E-state index contributed by atoms with van der Waals surface area (Å²) in [5, 5.41) is 9.29. The van der Waals surface area contributed by atoms with Crippen LogP contribution in [0.15, 0.2) is 55.0 Å². The van der Waals surface area contributed by atoms with Crippen LogP contribution in [-0.4, -0.2) is 44.1 Å². The predicted octanol–water partition coefficient (Wildman–Crippen LogP) is 6.05. The van der Waals surface area contributed by atoms with E-state index in [0.29, 0.717) is 28.6 Å². The average molecular weight is 508 g/mol. The molecule has 5 aromatic rings. The van der Waals surface area contributed by atoms with Crippen LogP contribution in [0.3, 0.4) is 0 Å². The third kappa shape index (κ3) is 4.00. The minimum Gasteiger partial charge on any atom is -0.366 e. The number of pyridine rings is 2. The number of nitrogens with zero attached hydrogens (tertiary/aromatic N) is 4. The Bertz CT molecular complexity index is 1670. The van der Waals surface area contributed by atoms with Crippen LogP contribution in [0.4, 0.5) is 10.2 Å². The monoisotopic (exact) mass is 507 g/mol. The number of hydrogen-bond donors (Lipinski definition) is 3. The molecule has 0 spiro atoms. The first-order valence-corrected chi connectivity index (χ1v) is 13.3. The first-order valence-electron chi connectivity index (χ1n) is 13.3. The Morgan fingerprint density at radius 1 is 1.03 bits per heavy atom. The summed E-state index contributed by atoms with van der Waals surface area (Å²) < 4.78 is 14.6. The molecule has 1 aromatic carbocycles. The van der Waals surface area contributed by atoms with Crippen molar-refractivity contribution in [2.24, 2.45) is 5.41 Å². The topological polar surface area (TPSA) is 91.4 Å². The van der Waals surface area contributed by atoms with E-state index in [1.165, 1.54) is 24.5 Å². The van der Waals surface area contributed by atoms with Gasteiger partial charge in [0.2, 0.25) is 0 Å². The molecule has 3 N–H and O–H groups in total. The van der Waals surface area contributed by atoms with Crippen molar-refractivity contribution in [2.45, 2.75) is 45.1 Å². The van der Waals surface area contributed by atoms with Gasteiger partial charge < -0.3 is 15.6 Å². The van der Waals surface area contributed by atoms with Crippen LogP contribution in [0.5, 0.6) is 0 Å². The second kappa shape index (κ2) is 8.84. The Labute approximate surface area is 220 Å². The summed E-state index contributed by atoms with van der Waals surface area (Å²) in [4.78, 5) is 22.5. The van der Waals surface area contributed by atoms with Crippen molar-refractivity contribution in [2.75, 3.05) is 18.4 Å². The second-order valence-corrected chi connectivity index (χ2v) is 11.2. The maximum atomic E-state index is 14.6. The average Bonchev–Trinajstić information content (AvgIpc) is 3.67. The fourth-order valence-corrected chi connectivity index (χ4v) is 5.69. The number of H-pyrrole nitrogens is 1. The summed E-state index contributed by atoms with van der Waals surface area (Å²) in [6.45, 7) is 6.51. The summed E-state index contributed by atoms with van der Waals surface area (Å²) in [6, 6.07) is 10.9. The van der Waals surface area contributed by atoms with E-state index in [-0.39, 0.29) is 17.3 Å². The molecule has 1 aliphatic heterocycles. The number of rotatable bonds is 5. The predicted molar refractivity (Wildman–Crippen MR) is 148 cm³/mol. The number of hydrogen-bond acceptors (Lipinski definition) is 6. The van der Waals surface area contributed by atoms with E-state index in [2.05, 4.69) is 39.4 Å². The van der Waals surface area contributed by atoms with Gasteiger partial charge in [-0.05, 0) is 67.0 Å². The SMILES string of the molecule is CC1(C)CNCC[C@@H]1Nc1nc(-c2ccnc3[nH]c(-c4ccccc4F)cc23)nc2cncc(C3CC3)c12. The first kappa shape index (κ1) is 23.2. The smallest absolute Gasteiger partial charge is 0.163 e. The van der Waals surface area contributed by atoms with Crippen molar-refractivity contribution in [1.82, 2.24) is 30.2 Å². The van der Waals surface area contributed by atoms with Crippen LogP contribution < -0.4 is 10.6 Å². The molecule has 1 aliphatic carbocycles. The zero-order valence-corrected chi connectivity index (χ0v) is 21.6. The third-order valence-electron chi connectivity index (χ3n) is 8.03. The van der Waals surface area contributed by atoms with E-state index in [1.807, 2.05) is 30.6 Å². The maximum absolute atomic E-state index is 14.6. The van der Waals surface area contributed by atoms with Crippen LogP contribution >= 0.6 is 0 Å². The lowest BCUT2D eigenvalue weighted by Crippen LogP contribution is -2.49. The maximum Gasteiger partial charge on any atom is 0.163 e. The number of aromatic amines is 1. The summed E-state index contributed by atoms with van der Waals surface area (Å²) in [7, 11) is 0. The van der Waals surface area contributed by atoms with Crippen molar-refractivity contribution in [3.8, 4) is 22.6 Å². The summed E-state index contributed by atoms with van der Waals surface area (Å²) >= 11 is 0. The Morgan fingerprint density at radius 3 is 2.71 bits per heavy atom. The number of halogens is 1. The first-order chi connectivity index (χ1) is 18.5. The van der Waals surface area contributed by atoms with Crippen LogP contribution in [0, 0.1) is 11.2 Å². The molecule has 4 aromatic heterocycles.